The molecule has 4 heterocycles. The third kappa shape index (κ3) is 2.96. The van der Waals surface area contributed by atoms with Crippen LogP contribution in [0.2, 0.25) is 5.15 Å². The van der Waals surface area contributed by atoms with E-state index in [2.05, 4.69) is 27.1 Å². The van der Waals surface area contributed by atoms with Crippen molar-refractivity contribution in [3.63, 3.8) is 0 Å². The van der Waals surface area contributed by atoms with Gasteiger partial charge in [-0.3, -0.25) is 0 Å². The van der Waals surface area contributed by atoms with Crippen LogP contribution in [-0.4, -0.2) is 46.3 Å². The van der Waals surface area contributed by atoms with Crippen LogP contribution in [0.1, 0.15) is 23.2 Å². The largest absolute Gasteiger partial charge is 0.472 e. The van der Waals surface area contributed by atoms with Crippen LogP contribution in [0.3, 0.4) is 0 Å². The molecule has 2 aliphatic rings. The number of rotatable bonds is 4. The Balaban J connectivity index is 1.66. The van der Waals surface area contributed by atoms with Gasteiger partial charge in [0.2, 0.25) is 5.88 Å². The molecule has 9 heteroatoms. The molecule has 2 aromatic rings. The Morgan fingerprint density at radius 2 is 2.18 bits per heavy atom. The summed E-state index contributed by atoms with van der Waals surface area (Å²) < 4.78 is 34.4. The van der Waals surface area contributed by atoms with Crippen molar-refractivity contribution in [2.75, 3.05) is 23.3 Å². The second kappa shape index (κ2) is 6.84. The monoisotopic (exact) mass is 407 g/mol. The topological polar surface area (TPSA) is 63.2 Å². The molecule has 2 aliphatic heterocycles. The van der Waals surface area contributed by atoms with Gasteiger partial charge < -0.3 is 15.0 Å². The van der Waals surface area contributed by atoms with Crippen molar-refractivity contribution in [2.45, 2.75) is 38.3 Å². The normalized spacial score (nSPS) is 23.2. The number of pyridine rings is 1. The number of aryl methyl sites for hydroxylation is 2. The van der Waals surface area contributed by atoms with Crippen LogP contribution < -0.4 is 15.0 Å². The number of ether oxygens (including phenoxy) is 1. The van der Waals surface area contributed by atoms with E-state index in [0.29, 0.717) is 17.4 Å². The highest BCUT2D eigenvalue weighted by Crippen LogP contribution is 2.45. The average molecular weight is 408 g/mol. The predicted molar refractivity (Wildman–Crippen MR) is 104 cm³/mol. The van der Waals surface area contributed by atoms with Gasteiger partial charge in [-0.1, -0.05) is 24.3 Å². The van der Waals surface area contributed by atoms with Gasteiger partial charge in [0, 0.05) is 30.3 Å². The first-order chi connectivity index (χ1) is 13.3. The maximum absolute atomic E-state index is 14.2. The van der Waals surface area contributed by atoms with Crippen LogP contribution in [0, 0.1) is 13.8 Å². The lowest BCUT2D eigenvalue weighted by Gasteiger charge is -2.43. The van der Waals surface area contributed by atoms with Crippen molar-refractivity contribution in [3.8, 4) is 5.88 Å². The lowest BCUT2D eigenvalue weighted by atomic mass is 9.93. The SMILES string of the molecule is C=Cc1cc(C)c(O[C@H]2CN3c4cc(Cl)nnc4NCC3(C(F)F)C2)nc1C. The molecular weight excluding hydrogens is 388 g/mol. The molecule has 4 rings (SSSR count). The first kappa shape index (κ1) is 18.9. The summed E-state index contributed by atoms with van der Waals surface area (Å²) in [4.78, 5) is 6.14. The van der Waals surface area contributed by atoms with Crippen LogP contribution >= 0.6 is 11.6 Å². The van der Waals surface area contributed by atoms with Crippen molar-refractivity contribution >= 4 is 29.2 Å². The smallest absolute Gasteiger partial charge is 0.263 e. The zero-order valence-corrected chi connectivity index (χ0v) is 16.3. The molecule has 1 fully saturated rings. The number of nitrogens with one attached hydrogen (secondary N) is 1. The maximum Gasteiger partial charge on any atom is 0.263 e. The quantitative estimate of drug-likeness (QED) is 0.830. The summed E-state index contributed by atoms with van der Waals surface area (Å²) in [5.74, 6) is 0.901. The van der Waals surface area contributed by atoms with E-state index in [1.54, 1.807) is 17.0 Å². The van der Waals surface area contributed by atoms with E-state index in [4.69, 9.17) is 16.3 Å². The number of halogens is 3. The summed E-state index contributed by atoms with van der Waals surface area (Å²) in [6.07, 6.45) is -1.14. The minimum absolute atomic E-state index is 0.0503. The minimum atomic E-state index is -2.58. The summed E-state index contributed by atoms with van der Waals surface area (Å²) in [5, 5.41) is 10.9. The molecule has 1 unspecified atom stereocenters. The van der Waals surface area contributed by atoms with E-state index in [1.165, 1.54) is 0 Å². The van der Waals surface area contributed by atoms with Crippen LogP contribution in [-0.2, 0) is 0 Å². The van der Waals surface area contributed by atoms with Crippen LogP contribution in [0.4, 0.5) is 20.3 Å². The first-order valence-electron chi connectivity index (χ1n) is 8.94. The summed E-state index contributed by atoms with van der Waals surface area (Å²) >= 11 is 5.96. The fourth-order valence-corrected chi connectivity index (χ4v) is 4.08. The lowest BCUT2D eigenvalue weighted by Crippen LogP contribution is -2.57. The van der Waals surface area contributed by atoms with Gasteiger partial charge in [0.15, 0.2) is 11.0 Å². The number of aromatic nitrogens is 3. The zero-order chi connectivity index (χ0) is 20.1. The molecule has 2 aromatic heterocycles. The van der Waals surface area contributed by atoms with Crippen LogP contribution in [0.5, 0.6) is 5.88 Å². The molecule has 1 N–H and O–H groups in total. The standard InChI is InChI=1S/C19H20ClF2N5O/c1-4-12-5-10(2)17(24-11(12)3)28-13-7-19(18(21)22)9-23-16-14(27(19)8-13)6-15(20)25-26-16/h4-6,13,18H,1,7-9H2,2-3H3,(H,23,26)/t13-,19?/m1/s1. The third-order valence-electron chi connectivity index (χ3n) is 5.40. The Morgan fingerprint density at radius 1 is 1.39 bits per heavy atom. The van der Waals surface area contributed by atoms with E-state index in [-0.39, 0.29) is 24.7 Å². The second-order valence-corrected chi connectivity index (χ2v) is 7.59. The Bertz CT molecular complexity index is 941. The Morgan fingerprint density at radius 3 is 2.89 bits per heavy atom. The molecule has 0 aliphatic carbocycles. The second-order valence-electron chi connectivity index (χ2n) is 7.20. The molecule has 0 amide bonds. The van der Waals surface area contributed by atoms with E-state index < -0.39 is 18.1 Å². The van der Waals surface area contributed by atoms with Crippen molar-refractivity contribution in [2.24, 2.45) is 0 Å². The van der Waals surface area contributed by atoms with Crippen molar-refractivity contribution in [1.82, 2.24) is 15.2 Å². The minimum Gasteiger partial charge on any atom is -0.472 e. The number of fused-ring (bicyclic) bond motifs is 3. The van der Waals surface area contributed by atoms with Gasteiger partial charge in [0.25, 0.3) is 6.43 Å². The third-order valence-corrected chi connectivity index (χ3v) is 5.59. The molecule has 6 nitrogen and oxygen atoms in total. The lowest BCUT2D eigenvalue weighted by molar-refractivity contribution is 0.0528. The number of nitrogens with zero attached hydrogens (tertiary/aromatic N) is 4. The predicted octanol–water partition coefficient (Wildman–Crippen LogP) is 3.87. The molecule has 28 heavy (non-hydrogen) atoms. The molecule has 0 aromatic carbocycles. The van der Waals surface area contributed by atoms with Gasteiger partial charge in [-0.15, -0.1) is 10.2 Å². The van der Waals surface area contributed by atoms with Gasteiger partial charge in [-0.05, 0) is 25.5 Å². The molecule has 2 atom stereocenters. The van der Waals surface area contributed by atoms with E-state index in [1.807, 2.05) is 19.9 Å². The average Bonchev–Trinajstić information content (AvgIpc) is 3.04. The summed E-state index contributed by atoms with van der Waals surface area (Å²) in [6.45, 7) is 7.85. The molecule has 1 saturated heterocycles. The summed E-state index contributed by atoms with van der Waals surface area (Å²) in [7, 11) is 0. The number of alkyl halides is 2. The molecule has 0 radical (unpaired) electrons. The fourth-order valence-electron chi connectivity index (χ4n) is 3.94. The summed E-state index contributed by atoms with van der Waals surface area (Å²) in [6, 6.07) is 3.49. The van der Waals surface area contributed by atoms with Gasteiger partial charge in [0.05, 0.1) is 12.2 Å². The Hall–Kier alpha value is -2.48. The Labute approximate surface area is 166 Å². The van der Waals surface area contributed by atoms with Gasteiger partial charge >= 0.3 is 0 Å². The zero-order valence-electron chi connectivity index (χ0n) is 15.5. The van der Waals surface area contributed by atoms with Crippen molar-refractivity contribution < 1.29 is 13.5 Å². The van der Waals surface area contributed by atoms with E-state index >= 15 is 0 Å². The van der Waals surface area contributed by atoms with Crippen LogP contribution in [0.15, 0.2) is 18.7 Å². The highest BCUT2D eigenvalue weighted by atomic mass is 35.5. The van der Waals surface area contributed by atoms with Gasteiger partial charge in [-0.25, -0.2) is 13.8 Å². The number of hydrogen-bond acceptors (Lipinski definition) is 6. The molecule has 148 valence electrons. The molecular formula is C19H20ClF2N5O. The number of anilines is 2. The van der Waals surface area contributed by atoms with Crippen LogP contribution in [0.25, 0.3) is 6.08 Å². The highest BCUT2D eigenvalue weighted by molar-refractivity contribution is 6.29. The summed E-state index contributed by atoms with van der Waals surface area (Å²) in [5.41, 5.74) is 1.66. The molecule has 0 spiro atoms. The van der Waals surface area contributed by atoms with Crippen molar-refractivity contribution in [1.29, 1.82) is 0 Å². The fraction of sp³-hybridized carbons (Fsp3) is 0.421. The van der Waals surface area contributed by atoms with Crippen molar-refractivity contribution in [3.05, 3.63) is 40.7 Å². The van der Waals surface area contributed by atoms with E-state index in [0.717, 1.165) is 16.8 Å². The molecule has 0 bridgehead atoms. The Kier molecular flexibility index (Phi) is 4.61. The van der Waals surface area contributed by atoms with E-state index in [9.17, 15) is 8.78 Å². The highest BCUT2D eigenvalue weighted by Gasteiger charge is 2.56. The van der Waals surface area contributed by atoms with Gasteiger partial charge in [-0.2, -0.15) is 0 Å². The molecule has 0 saturated carbocycles. The van der Waals surface area contributed by atoms with Gasteiger partial charge in [0.1, 0.15) is 11.6 Å². The maximum atomic E-state index is 14.2. The number of hydrogen-bond donors (Lipinski definition) is 1. The first-order valence-corrected chi connectivity index (χ1v) is 9.32.